The minimum atomic E-state index is -0.304. The summed E-state index contributed by atoms with van der Waals surface area (Å²) in [5.41, 5.74) is 0. The molecule has 0 bridgehead atoms. The highest BCUT2D eigenvalue weighted by Crippen LogP contribution is 2.36. The maximum atomic E-state index is 10.9. The molecule has 0 saturated carbocycles. The summed E-state index contributed by atoms with van der Waals surface area (Å²) in [5, 5.41) is 0. The zero-order valence-electron chi connectivity index (χ0n) is 8.07. The molecule has 0 fully saturated rings. The number of Topliss-reactive ketones (excluding diaryl/α,β-unsaturated/α-hetero) is 1. The first kappa shape index (κ1) is 11.8. The maximum Gasteiger partial charge on any atom is 0.142 e. The Labute approximate surface area is 92.6 Å². The Hall–Kier alpha value is -0.320. The van der Waals surface area contributed by atoms with Crippen LogP contribution in [0.15, 0.2) is 10.4 Å². The minimum Gasteiger partial charge on any atom is -0.301 e. The van der Waals surface area contributed by atoms with Gasteiger partial charge in [-0.2, -0.15) is 0 Å². The number of aldehydes is 1. The number of halogens is 1. The van der Waals surface area contributed by atoms with Crippen LogP contribution in [0.1, 0.15) is 20.3 Å². The highest BCUT2D eigenvalue weighted by molar-refractivity contribution is 8.02. The summed E-state index contributed by atoms with van der Waals surface area (Å²) in [6.45, 7) is 3.45. The van der Waals surface area contributed by atoms with E-state index >= 15 is 0 Å². The fourth-order valence-corrected chi connectivity index (χ4v) is 2.65. The van der Waals surface area contributed by atoms with Gasteiger partial charge in [0.2, 0.25) is 0 Å². The molecule has 0 spiro atoms. The first-order chi connectivity index (χ1) is 6.54. The zero-order chi connectivity index (χ0) is 10.7. The second-order valence-electron chi connectivity index (χ2n) is 3.30. The van der Waals surface area contributed by atoms with Crippen LogP contribution in [0.3, 0.4) is 0 Å². The molecule has 0 N–H and O–H groups in total. The Morgan fingerprint density at radius 1 is 1.86 bits per heavy atom. The van der Waals surface area contributed by atoms with Crippen molar-refractivity contribution in [3.05, 3.63) is 10.4 Å². The molecule has 1 rings (SSSR count). The Kier molecular flexibility index (Phi) is 4.16. The topological polar surface area (TPSA) is 37.4 Å². The van der Waals surface area contributed by atoms with Crippen molar-refractivity contribution in [2.24, 2.45) is 0 Å². The summed E-state index contributed by atoms with van der Waals surface area (Å²) in [6.07, 6.45) is 2.96. The zero-order valence-corrected chi connectivity index (χ0v) is 9.64. The molecule has 0 aliphatic carbocycles. The van der Waals surface area contributed by atoms with Crippen LogP contribution in [0.2, 0.25) is 0 Å². The minimum absolute atomic E-state index is 0.0280. The molecule has 0 radical (unpaired) electrons. The molecule has 0 aromatic carbocycles. The Balaban J connectivity index is 2.61. The summed E-state index contributed by atoms with van der Waals surface area (Å²) in [7, 11) is 0. The van der Waals surface area contributed by atoms with E-state index in [2.05, 4.69) is 0 Å². The first-order valence-electron chi connectivity index (χ1n) is 4.33. The van der Waals surface area contributed by atoms with Crippen LogP contribution in [-0.4, -0.2) is 28.5 Å². The molecular formula is C9H12ClNO2S. The lowest BCUT2D eigenvalue weighted by atomic mass is 10.1. The van der Waals surface area contributed by atoms with Crippen LogP contribution >= 0.6 is 23.5 Å². The maximum absolute atomic E-state index is 10.9. The number of hydrogen-bond donors (Lipinski definition) is 0. The van der Waals surface area contributed by atoms with E-state index in [1.807, 2.05) is 11.2 Å². The van der Waals surface area contributed by atoms with Gasteiger partial charge in [-0.1, -0.05) is 11.6 Å². The van der Waals surface area contributed by atoms with E-state index in [0.29, 0.717) is 10.8 Å². The normalized spacial score (nSPS) is 24.5. The molecule has 5 heteroatoms. The Morgan fingerprint density at radius 3 is 3.00 bits per heavy atom. The number of hydrogen-bond acceptors (Lipinski definition) is 4. The van der Waals surface area contributed by atoms with Crippen LogP contribution in [-0.2, 0) is 9.59 Å². The first-order valence-corrected chi connectivity index (χ1v) is 5.48. The van der Waals surface area contributed by atoms with E-state index in [4.69, 9.17) is 11.6 Å². The Morgan fingerprint density at radius 2 is 2.50 bits per heavy atom. The standard InChI is InChI=1S/C9H12ClNO2S/c1-6(3-7(2)13)11-8(5-12)4-9(10)14-11/h4-6,8H,3H2,1-2H3. The quantitative estimate of drug-likeness (QED) is 0.550. The van der Waals surface area contributed by atoms with Gasteiger partial charge in [0.25, 0.3) is 0 Å². The molecule has 0 saturated heterocycles. The van der Waals surface area contributed by atoms with Gasteiger partial charge in [-0.05, 0) is 31.9 Å². The smallest absolute Gasteiger partial charge is 0.142 e. The molecule has 0 aromatic rings. The van der Waals surface area contributed by atoms with Crippen molar-refractivity contribution >= 4 is 35.6 Å². The van der Waals surface area contributed by atoms with E-state index in [1.165, 1.54) is 11.9 Å². The van der Waals surface area contributed by atoms with Crippen molar-refractivity contribution in [3.8, 4) is 0 Å². The van der Waals surface area contributed by atoms with Gasteiger partial charge in [-0.15, -0.1) is 0 Å². The second-order valence-corrected chi connectivity index (χ2v) is 4.98. The van der Waals surface area contributed by atoms with Crippen molar-refractivity contribution < 1.29 is 9.59 Å². The van der Waals surface area contributed by atoms with Gasteiger partial charge < -0.3 is 4.79 Å². The average molecular weight is 234 g/mol. The highest BCUT2D eigenvalue weighted by Gasteiger charge is 2.29. The van der Waals surface area contributed by atoms with Gasteiger partial charge in [-0.3, -0.25) is 4.79 Å². The summed E-state index contributed by atoms with van der Waals surface area (Å²) >= 11 is 7.12. The van der Waals surface area contributed by atoms with Crippen molar-refractivity contribution in [2.75, 3.05) is 0 Å². The molecular weight excluding hydrogens is 222 g/mol. The molecule has 2 atom stereocenters. The summed E-state index contributed by atoms with van der Waals surface area (Å²) in [5.74, 6) is 0.116. The van der Waals surface area contributed by atoms with Crippen LogP contribution in [0.4, 0.5) is 0 Å². The lowest BCUT2D eigenvalue weighted by molar-refractivity contribution is -0.118. The molecule has 1 heterocycles. The molecule has 1 aliphatic heterocycles. The van der Waals surface area contributed by atoms with Gasteiger partial charge in [0.15, 0.2) is 0 Å². The van der Waals surface area contributed by atoms with Crippen molar-refractivity contribution in [1.82, 2.24) is 4.31 Å². The van der Waals surface area contributed by atoms with Gasteiger partial charge in [0, 0.05) is 12.5 Å². The van der Waals surface area contributed by atoms with Gasteiger partial charge in [0.05, 0.1) is 10.4 Å². The van der Waals surface area contributed by atoms with E-state index < -0.39 is 0 Å². The van der Waals surface area contributed by atoms with Crippen molar-refractivity contribution in [1.29, 1.82) is 0 Å². The predicted molar refractivity (Wildman–Crippen MR) is 58.0 cm³/mol. The number of carbonyl (C=O) groups is 2. The monoisotopic (exact) mass is 233 g/mol. The summed E-state index contributed by atoms with van der Waals surface area (Å²) in [4.78, 5) is 21.6. The molecule has 0 aromatic heterocycles. The van der Waals surface area contributed by atoms with Crippen LogP contribution in [0, 0.1) is 0 Å². The molecule has 14 heavy (non-hydrogen) atoms. The predicted octanol–water partition coefficient (Wildman–Crippen LogP) is 1.97. The third kappa shape index (κ3) is 2.83. The van der Waals surface area contributed by atoms with Gasteiger partial charge >= 0.3 is 0 Å². The van der Waals surface area contributed by atoms with Crippen LogP contribution in [0.5, 0.6) is 0 Å². The summed E-state index contributed by atoms with van der Waals surface area (Å²) in [6, 6.07) is -0.276. The average Bonchev–Trinajstić information content (AvgIpc) is 2.45. The molecule has 0 amide bonds. The van der Waals surface area contributed by atoms with Gasteiger partial charge in [-0.25, -0.2) is 4.31 Å². The van der Waals surface area contributed by atoms with E-state index in [-0.39, 0.29) is 17.9 Å². The third-order valence-electron chi connectivity index (χ3n) is 1.94. The van der Waals surface area contributed by atoms with Crippen molar-refractivity contribution in [2.45, 2.75) is 32.4 Å². The van der Waals surface area contributed by atoms with Crippen molar-refractivity contribution in [3.63, 3.8) is 0 Å². The molecule has 78 valence electrons. The van der Waals surface area contributed by atoms with Gasteiger partial charge in [0.1, 0.15) is 12.1 Å². The fraction of sp³-hybridized carbons (Fsp3) is 0.556. The fourth-order valence-electron chi connectivity index (χ4n) is 1.39. The Bertz CT molecular complexity index is 280. The highest BCUT2D eigenvalue weighted by atomic mass is 35.5. The van der Waals surface area contributed by atoms with E-state index in [0.717, 1.165) is 6.29 Å². The number of nitrogens with zero attached hydrogens (tertiary/aromatic N) is 1. The largest absolute Gasteiger partial charge is 0.301 e. The molecule has 1 aliphatic rings. The lowest BCUT2D eigenvalue weighted by Gasteiger charge is -2.25. The molecule has 3 nitrogen and oxygen atoms in total. The van der Waals surface area contributed by atoms with Crippen LogP contribution < -0.4 is 0 Å². The number of rotatable bonds is 4. The third-order valence-corrected chi connectivity index (χ3v) is 3.40. The number of carbonyl (C=O) groups excluding carboxylic acids is 2. The second kappa shape index (κ2) is 4.96. The molecule has 2 unspecified atom stereocenters. The number of ketones is 1. The van der Waals surface area contributed by atoms with E-state index in [9.17, 15) is 9.59 Å². The summed E-state index contributed by atoms with van der Waals surface area (Å²) < 4.78 is 2.44. The lowest BCUT2D eigenvalue weighted by Crippen LogP contribution is -2.34. The van der Waals surface area contributed by atoms with E-state index in [1.54, 1.807) is 13.0 Å². The SMILES string of the molecule is CC(=O)CC(C)N1SC(Cl)=CC1C=O. The van der Waals surface area contributed by atoms with Crippen LogP contribution in [0.25, 0.3) is 0 Å².